The van der Waals surface area contributed by atoms with E-state index >= 15 is 0 Å². The smallest absolute Gasteiger partial charge is 0.357 e. The number of halogens is 2. The molecular weight excluding hydrogens is 264 g/mol. The van der Waals surface area contributed by atoms with Gasteiger partial charge in [-0.1, -0.05) is 0 Å². The second-order valence-corrected chi connectivity index (χ2v) is 3.18. The van der Waals surface area contributed by atoms with Crippen LogP contribution < -0.4 is 0 Å². The number of carbonyl (C=O) groups excluding carboxylic acids is 1. The van der Waals surface area contributed by atoms with Crippen molar-refractivity contribution >= 4 is 11.7 Å². The van der Waals surface area contributed by atoms with Gasteiger partial charge in [0, 0.05) is 0 Å². The van der Waals surface area contributed by atoms with Gasteiger partial charge in [-0.25, -0.2) is 18.6 Å². The second kappa shape index (κ2) is 5.81. The van der Waals surface area contributed by atoms with Crippen molar-refractivity contribution < 1.29 is 23.2 Å². The van der Waals surface area contributed by atoms with Gasteiger partial charge in [0.2, 0.25) is 0 Å². The summed E-state index contributed by atoms with van der Waals surface area (Å²) in [5, 5.41) is 19.4. The molecular formula is C10H7F2N3O4. The van der Waals surface area contributed by atoms with Crippen molar-refractivity contribution in [3.63, 3.8) is 0 Å². The minimum absolute atomic E-state index is 0.0433. The summed E-state index contributed by atoms with van der Waals surface area (Å²) < 4.78 is 29.9. The van der Waals surface area contributed by atoms with Crippen molar-refractivity contribution in [3.8, 4) is 6.07 Å². The third-order valence-corrected chi connectivity index (χ3v) is 2.03. The second-order valence-electron chi connectivity index (χ2n) is 3.18. The quantitative estimate of drug-likeness (QED) is 0.470. The molecule has 0 bridgehead atoms. The van der Waals surface area contributed by atoms with Gasteiger partial charge in [-0.3, -0.25) is 10.1 Å². The number of hydrogen-bond acceptors (Lipinski definition) is 6. The van der Waals surface area contributed by atoms with Crippen LogP contribution in [0.25, 0.3) is 0 Å². The SMILES string of the molecule is CCOC(=O)c1cc([N+](=O)[O-])c(C#N)c(C(F)F)n1. The highest BCUT2D eigenvalue weighted by Gasteiger charge is 2.28. The molecule has 100 valence electrons. The molecule has 0 saturated heterocycles. The molecule has 0 spiro atoms. The Morgan fingerprint density at radius 1 is 1.68 bits per heavy atom. The lowest BCUT2D eigenvalue weighted by Gasteiger charge is -2.06. The zero-order chi connectivity index (χ0) is 14.6. The third kappa shape index (κ3) is 2.98. The third-order valence-electron chi connectivity index (χ3n) is 2.03. The molecule has 0 atom stereocenters. The number of nitro groups is 1. The average Bonchev–Trinajstić information content (AvgIpc) is 2.36. The highest BCUT2D eigenvalue weighted by molar-refractivity contribution is 5.88. The Bertz CT molecular complexity index is 569. The Labute approximate surface area is 105 Å². The van der Waals surface area contributed by atoms with Gasteiger partial charge in [-0.15, -0.1) is 0 Å². The molecule has 7 nitrogen and oxygen atoms in total. The molecule has 0 aromatic carbocycles. The van der Waals surface area contributed by atoms with Crippen molar-refractivity contribution in [1.29, 1.82) is 5.26 Å². The number of alkyl halides is 2. The topological polar surface area (TPSA) is 106 Å². The van der Waals surface area contributed by atoms with Gasteiger partial charge >= 0.3 is 5.97 Å². The van der Waals surface area contributed by atoms with Crippen molar-refractivity contribution in [1.82, 2.24) is 4.98 Å². The van der Waals surface area contributed by atoms with Gasteiger partial charge in [-0.2, -0.15) is 5.26 Å². The molecule has 19 heavy (non-hydrogen) atoms. The fraction of sp³-hybridized carbons (Fsp3) is 0.300. The van der Waals surface area contributed by atoms with Gasteiger partial charge in [0.15, 0.2) is 11.3 Å². The highest BCUT2D eigenvalue weighted by atomic mass is 19.3. The van der Waals surface area contributed by atoms with Crippen LogP contribution in [0.4, 0.5) is 14.5 Å². The fourth-order valence-electron chi connectivity index (χ4n) is 1.28. The van der Waals surface area contributed by atoms with Crippen LogP contribution in [0.2, 0.25) is 0 Å². The van der Waals surface area contributed by atoms with E-state index in [1.54, 1.807) is 0 Å². The van der Waals surface area contributed by atoms with Gasteiger partial charge in [0.1, 0.15) is 11.8 Å². The maximum Gasteiger partial charge on any atom is 0.357 e. The number of hydrogen-bond donors (Lipinski definition) is 0. The Hall–Kier alpha value is -2.63. The van der Waals surface area contributed by atoms with E-state index < -0.39 is 40.0 Å². The van der Waals surface area contributed by atoms with Crippen LogP contribution in [0.5, 0.6) is 0 Å². The van der Waals surface area contributed by atoms with Crippen LogP contribution in [0, 0.1) is 21.4 Å². The Morgan fingerprint density at radius 2 is 2.32 bits per heavy atom. The van der Waals surface area contributed by atoms with Crippen LogP contribution in [-0.2, 0) is 4.74 Å². The molecule has 0 aliphatic carbocycles. The first-order chi connectivity index (χ1) is 8.92. The lowest BCUT2D eigenvalue weighted by atomic mass is 10.1. The summed E-state index contributed by atoms with van der Waals surface area (Å²) in [4.78, 5) is 24.3. The maximum absolute atomic E-state index is 12.7. The average molecular weight is 271 g/mol. The molecule has 1 heterocycles. The van der Waals surface area contributed by atoms with Crippen LogP contribution in [0.1, 0.15) is 35.1 Å². The minimum atomic E-state index is -3.22. The molecule has 0 saturated carbocycles. The minimum Gasteiger partial charge on any atom is -0.461 e. The molecule has 0 radical (unpaired) electrons. The number of carbonyl (C=O) groups is 1. The van der Waals surface area contributed by atoms with E-state index in [2.05, 4.69) is 9.72 Å². The summed E-state index contributed by atoms with van der Waals surface area (Å²) in [5.74, 6) is -1.07. The predicted octanol–water partition coefficient (Wildman–Crippen LogP) is 1.98. The van der Waals surface area contributed by atoms with E-state index in [4.69, 9.17) is 5.26 Å². The van der Waals surface area contributed by atoms with Crippen LogP contribution in [-0.4, -0.2) is 22.5 Å². The van der Waals surface area contributed by atoms with Crippen molar-refractivity contribution in [2.75, 3.05) is 6.61 Å². The van der Waals surface area contributed by atoms with E-state index in [1.165, 1.54) is 13.0 Å². The van der Waals surface area contributed by atoms with E-state index in [0.29, 0.717) is 6.07 Å². The Balaban J connectivity index is 3.51. The summed E-state index contributed by atoms with van der Waals surface area (Å²) in [6.45, 7) is 1.43. The van der Waals surface area contributed by atoms with Crippen LogP contribution >= 0.6 is 0 Å². The first kappa shape index (κ1) is 14.4. The molecule has 0 unspecified atom stereocenters. The zero-order valence-corrected chi connectivity index (χ0v) is 9.59. The van der Waals surface area contributed by atoms with Gasteiger partial charge in [-0.05, 0) is 6.92 Å². The molecule has 0 N–H and O–H groups in total. The molecule has 0 aliphatic rings. The van der Waals surface area contributed by atoms with E-state index in [0.717, 1.165) is 0 Å². The van der Waals surface area contributed by atoms with Crippen LogP contribution in [0.15, 0.2) is 6.07 Å². The largest absolute Gasteiger partial charge is 0.461 e. The van der Waals surface area contributed by atoms with Crippen molar-refractivity contribution in [2.45, 2.75) is 13.3 Å². The van der Waals surface area contributed by atoms with Crippen molar-refractivity contribution in [2.24, 2.45) is 0 Å². The molecule has 0 amide bonds. The molecule has 9 heteroatoms. The number of pyridine rings is 1. The lowest BCUT2D eigenvalue weighted by Crippen LogP contribution is -2.11. The standard InChI is InChI=1S/C10H7F2N3O4/c1-2-19-10(16)6-3-7(15(17)18)5(4-13)8(14-6)9(11)12/h3,9H,2H2,1H3. The number of nitrogens with zero attached hydrogens (tertiary/aromatic N) is 3. The van der Waals surface area contributed by atoms with Gasteiger partial charge < -0.3 is 4.74 Å². The number of rotatable bonds is 4. The van der Waals surface area contributed by atoms with Gasteiger partial charge in [0.05, 0.1) is 17.6 Å². The lowest BCUT2D eigenvalue weighted by molar-refractivity contribution is -0.385. The molecule has 1 rings (SSSR count). The molecule has 0 fully saturated rings. The normalized spacial score (nSPS) is 10.1. The van der Waals surface area contributed by atoms with E-state index in [9.17, 15) is 23.7 Å². The first-order valence-corrected chi connectivity index (χ1v) is 4.97. The van der Waals surface area contributed by atoms with Crippen LogP contribution in [0.3, 0.4) is 0 Å². The number of nitriles is 1. The molecule has 1 aromatic heterocycles. The number of esters is 1. The maximum atomic E-state index is 12.7. The summed E-state index contributed by atoms with van der Waals surface area (Å²) in [5.41, 5.74) is -3.52. The number of aromatic nitrogens is 1. The zero-order valence-electron chi connectivity index (χ0n) is 9.59. The Morgan fingerprint density at radius 3 is 2.74 bits per heavy atom. The number of ether oxygens (including phenoxy) is 1. The Kier molecular flexibility index (Phi) is 4.41. The molecule has 1 aromatic rings. The van der Waals surface area contributed by atoms with E-state index in [-0.39, 0.29) is 6.61 Å². The first-order valence-electron chi connectivity index (χ1n) is 4.97. The summed E-state index contributed by atoms with van der Waals surface area (Å²) >= 11 is 0. The van der Waals surface area contributed by atoms with Crippen molar-refractivity contribution in [3.05, 3.63) is 33.1 Å². The van der Waals surface area contributed by atoms with E-state index in [1.807, 2.05) is 0 Å². The summed E-state index contributed by atoms with van der Waals surface area (Å²) in [6.07, 6.45) is -3.22. The highest BCUT2D eigenvalue weighted by Crippen LogP contribution is 2.28. The van der Waals surface area contributed by atoms with Gasteiger partial charge in [0.25, 0.3) is 12.1 Å². The summed E-state index contributed by atoms with van der Waals surface area (Å²) in [7, 11) is 0. The summed E-state index contributed by atoms with van der Waals surface area (Å²) in [6, 6.07) is 1.93. The molecule has 0 aliphatic heterocycles. The fourth-order valence-corrected chi connectivity index (χ4v) is 1.28. The monoisotopic (exact) mass is 271 g/mol. The predicted molar refractivity (Wildman–Crippen MR) is 56.5 cm³/mol.